The van der Waals surface area contributed by atoms with E-state index in [1.807, 2.05) is 48.5 Å². The zero-order valence-corrected chi connectivity index (χ0v) is 15.5. The summed E-state index contributed by atoms with van der Waals surface area (Å²) in [4.78, 5) is 12.5. The topological polar surface area (TPSA) is 67.4 Å². The minimum atomic E-state index is -0.153. The Kier molecular flexibility index (Phi) is 4.37. The highest BCUT2D eigenvalue weighted by molar-refractivity contribution is 5.97. The predicted molar refractivity (Wildman–Crippen MR) is 109 cm³/mol. The number of nitrogens with one attached hydrogen (secondary N) is 2. The van der Waals surface area contributed by atoms with Crippen molar-refractivity contribution in [2.24, 2.45) is 5.92 Å². The highest BCUT2D eigenvalue weighted by Crippen LogP contribution is 2.31. The molecule has 2 N–H and O–H groups in total. The second kappa shape index (κ2) is 7.17. The van der Waals surface area contributed by atoms with E-state index in [-0.39, 0.29) is 5.91 Å². The van der Waals surface area contributed by atoms with Crippen LogP contribution in [0.5, 0.6) is 0 Å². The molecule has 2 aromatic carbocycles. The van der Waals surface area contributed by atoms with E-state index in [1.165, 1.54) is 0 Å². The SMILES string of the molecule is O=C(NCC1CCNCC1)c1cc2ccc(-c3cc4ccccc4o3)cc2o1. The van der Waals surface area contributed by atoms with Gasteiger partial charge in [-0.05, 0) is 56.1 Å². The molecule has 0 aliphatic carbocycles. The van der Waals surface area contributed by atoms with Crippen molar-refractivity contribution in [2.45, 2.75) is 12.8 Å². The highest BCUT2D eigenvalue weighted by Gasteiger charge is 2.17. The molecule has 1 aliphatic rings. The number of benzene rings is 2. The van der Waals surface area contributed by atoms with Gasteiger partial charge in [-0.15, -0.1) is 0 Å². The lowest BCUT2D eigenvalue weighted by Gasteiger charge is -2.22. The van der Waals surface area contributed by atoms with Crippen molar-refractivity contribution >= 4 is 27.8 Å². The van der Waals surface area contributed by atoms with Crippen LogP contribution >= 0.6 is 0 Å². The third-order valence-corrected chi connectivity index (χ3v) is 5.46. The Labute approximate surface area is 162 Å². The van der Waals surface area contributed by atoms with Gasteiger partial charge < -0.3 is 19.5 Å². The number of hydrogen-bond acceptors (Lipinski definition) is 4. The van der Waals surface area contributed by atoms with Crippen molar-refractivity contribution in [1.29, 1.82) is 0 Å². The van der Waals surface area contributed by atoms with Gasteiger partial charge in [0.05, 0.1) is 0 Å². The number of fused-ring (bicyclic) bond motifs is 2. The zero-order chi connectivity index (χ0) is 18.9. The molecule has 0 saturated carbocycles. The van der Waals surface area contributed by atoms with Crippen molar-refractivity contribution in [3.05, 3.63) is 60.4 Å². The second-order valence-electron chi connectivity index (χ2n) is 7.42. The third-order valence-electron chi connectivity index (χ3n) is 5.46. The Bertz CT molecular complexity index is 1100. The van der Waals surface area contributed by atoms with Crippen LogP contribution in [0.1, 0.15) is 23.4 Å². The smallest absolute Gasteiger partial charge is 0.287 e. The number of hydrogen-bond donors (Lipinski definition) is 2. The summed E-state index contributed by atoms with van der Waals surface area (Å²) in [6.07, 6.45) is 2.20. The molecule has 2 aromatic heterocycles. The van der Waals surface area contributed by atoms with Gasteiger partial charge >= 0.3 is 0 Å². The van der Waals surface area contributed by atoms with Crippen molar-refractivity contribution in [3.63, 3.8) is 0 Å². The van der Waals surface area contributed by atoms with Gasteiger partial charge in [0.25, 0.3) is 5.91 Å². The number of piperidine rings is 1. The van der Waals surface area contributed by atoms with Crippen LogP contribution < -0.4 is 10.6 Å². The quantitative estimate of drug-likeness (QED) is 0.549. The molecule has 0 unspecified atom stereocenters. The Hall–Kier alpha value is -3.05. The molecule has 1 saturated heterocycles. The average molecular weight is 374 g/mol. The molecule has 1 fully saturated rings. The van der Waals surface area contributed by atoms with E-state index in [0.717, 1.165) is 53.6 Å². The number of amides is 1. The first kappa shape index (κ1) is 17.1. The zero-order valence-electron chi connectivity index (χ0n) is 15.5. The molecule has 1 amide bonds. The van der Waals surface area contributed by atoms with Crippen LogP contribution in [0.25, 0.3) is 33.3 Å². The monoisotopic (exact) mass is 374 g/mol. The van der Waals surface area contributed by atoms with Gasteiger partial charge in [0.15, 0.2) is 5.76 Å². The summed E-state index contributed by atoms with van der Waals surface area (Å²) in [5, 5.41) is 8.33. The number of para-hydroxylation sites is 1. The standard InChI is InChI=1S/C23H22N2O3/c26-23(25-14-15-7-9-24-10-8-15)22-13-18-6-5-17(12-21(18)28-22)20-11-16-3-1-2-4-19(16)27-20/h1-6,11-13,15,24H,7-10,14H2,(H,25,26). The molecule has 1 aliphatic heterocycles. The van der Waals surface area contributed by atoms with Crippen LogP contribution in [-0.2, 0) is 0 Å². The van der Waals surface area contributed by atoms with Gasteiger partial charge in [0, 0.05) is 22.9 Å². The maximum absolute atomic E-state index is 12.5. The van der Waals surface area contributed by atoms with Crippen LogP contribution in [0, 0.1) is 5.92 Å². The predicted octanol–water partition coefficient (Wildman–Crippen LogP) is 4.58. The van der Waals surface area contributed by atoms with Gasteiger partial charge in [-0.2, -0.15) is 0 Å². The molecular formula is C23H22N2O3. The lowest BCUT2D eigenvalue weighted by atomic mass is 9.98. The third kappa shape index (κ3) is 3.29. The molecule has 5 rings (SSSR count). The van der Waals surface area contributed by atoms with E-state index >= 15 is 0 Å². The maximum Gasteiger partial charge on any atom is 0.287 e. The van der Waals surface area contributed by atoms with Crippen LogP contribution in [0.2, 0.25) is 0 Å². The minimum absolute atomic E-state index is 0.153. The van der Waals surface area contributed by atoms with Gasteiger partial charge in [-0.3, -0.25) is 4.79 Å². The van der Waals surface area contributed by atoms with E-state index in [9.17, 15) is 4.79 Å². The van der Waals surface area contributed by atoms with E-state index in [0.29, 0.717) is 23.8 Å². The number of carbonyl (C=O) groups excluding carboxylic acids is 1. The van der Waals surface area contributed by atoms with Crippen molar-refractivity contribution < 1.29 is 13.6 Å². The van der Waals surface area contributed by atoms with Crippen molar-refractivity contribution in [3.8, 4) is 11.3 Å². The van der Waals surface area contributed by atoms with E-state index < -0.39 is 0 Å². The minimum Gasteiger partial charge on any atom is -0.456 e. The van der Waals surface area contributed by atoms with Gasteiger partial charge in [0.2, 0.25) is 0 Å². The van der Waals surface area contributed by atoms with E-state index in [4.69, 9.17) is 8.83 Å². The van der Waals surface area contributed by atoms with Gasteiger partial charge in [0.1, 0.15) is 16.9 Å². The van der Waals surface area contributed by atoms with Crippen LogP contribution in [-0.4, -0.2) is 25.5 Å². The molecule has 0 atom stereocenters. The fourth-order valence-corrected chi connectivity index (χ4v) is 3.83. The Morgan fingerprint density at radius 1 is 0.964 bits per heavy atom. The summed E-state index contributed by atoms with van der Waals surface area (Å²) in [5.41, 5.74) is 2.47. The van der Waals surface area contributed by atoms with Crippen LogP contribution in [0.15, 0.2) is 63.4 Å². The largest absolute Gasteiger partial charge is 0.456 e. The molecule has 0 spiro atoms. The van der Waals surface area contributed by atoms with Crippen molar-refractivity contribution in [2.75, 3.05) is 19.6 Å². The summed E-state index contributed by atoms with van der Waals surface area (Å²) in [6, 6.07) is 17.6. The number of rotatable bonds is 4. The second-order valence-corrected chi connectivity index (χ2v) is 7.42. The number of furan rings is 2. The molecule has 4 aromatic rings. The number of carbonyl (C=O) groups is 1. The molecule has 142 valence electrons. The van der Waals surface area contributed by atoms with E-state index in [2.05, 4.69) is 10.6 Å². The van der Waals surface area contributed by atoms with Gasteiger partial charge in [-0.1, -0.05) is 30.3 Å². The fourth-order valence-electron chi connectivity index (χ4n) is 3.83. The lowest BCUT2D eigenvalue weighted by Crippen LogP contribution is -2.35. The summed E-state index contributed by atoms with van der Waals surface area (Å²) < 4.78 is 11.8. The Balaban J connectivity index is 1.36. The summed E-state index contributed by atoms with van der Waals surface area (Å²) >= 11 is 0. The summed E-state index contributed by atoms with van der Waals surface area (Å²) in [6.45, 7) is 2.74. The fraction of sp³-hybridized carbons (Fsp3) is 0.261. The first-order valence-corrected chi connectivity index (χ1v) is 9.78. The first-order valence-electron chi connectivity index (χ1n) is 9.78. The highest BCUT2D eigenvalue weighted by atomic mass is 16.3. The Morgan fingerprint density at radius 3 is 2.64 bits per heavy atom. The van der Waals surface area contributed by atoms with Gasteiger partial charge in [-0.25, -0.2) is 0 Å². The average Bonchev–Trinajstić information content (AvgIpc) is 3.36. The summed E-state index contributed by atoms with van der Waals surface area (Å²) in [7, 11) is 0. The molecule has 0 radical (unpaired) electrons. The maximum atomic E-state index is 12.5. The lowest BCUT2D eigenvalue weighted by molar-refractivity contribution is 0.0918. The summed E-state index contributed by atoms with van der Waals surface area (Å²) in [5.74, 6) is 1.52. The van der Waals surface area contributed by atoms with E-state index in [1.54, 1.807) is 6.07 Å². The molecular weight excluding hydrogens is 352 g/mol. The normalized spacial score (nSPS) is 15.3. The van der Waals surface area contributed by atoms with Crippen LogP contribution in [0.4, 0.5) is 0 Å². The molecule has 5 nitrogen and oxygen atoms in total. The molecule has 28 heavy (non-hydrogen) atoms. The van der Waals surface area contributed by atoms with Crippen molar-refractivity contribution in [1.82, 2.24) is 10.6 Å². The molecule has 0 bridgehead atoms. The first-order chi connectivity index (χ1) is 13.8. The molecule has 5 heteroatoms. The van der Waals surface area contributed by atoms with Crippen LogP contribution in [0.3, 0.4) is 0 Å². The Morgan fingerprint density at radius 2 is 1.79 bits per heavy atom. The molecule has 3 heterocycles.